The molecule has 0 aliphatic carbocycles. The second kappa shape index (κ2) is 6.36. The molecule has 0 saturated carbocycles. The number of anilines is 1. The molecule has 0 bridgehead atoms. The number of hydrogen-bond donors (Lipinski definition) is 0. The highest BCUT2D eigenvalue weighted by Gasteiger charge is 2.26. The van der Waals surface area contributed by atoms with Crippen LogP contribution in [0.15, 0.2) is 18.2 Å². The number of nitrogens with zero attached hydrogens (tertiary/aromatic N) is 2. The predicted octanol–water partition coefficient (Wildman–Crippen LogP) is 2.76. The molecule has 4 heteroatoms. The smallest absolute Gasteiger partial charge is 0.150 e. The summed E-state index contributed by atoms with van der Waals surface area (Å²) in [6.45, 7) is 10.3. The monoisotopic (exact) mass is 290 g/mol. The molecule has 0 aromatic heterocycles. The van der Waals surface area contributed by atoms with Crippen LogP contribution in [-0.2, 0) is 0 Å². The fraction of sp³-hybridized carbons (Fsp3) is 0.529. The van der Waals surface area contributed by atoms with Gasteiger partial charge in [-0.25, -0.2) is 4.39 Å². The first-order valence-electron chi connectivity index (χ1n) is 7.27. The van der Waals surface area contributed by atoms with Gasteiger partial charge in [-0.05, 0) is 32.9 Å². The van der Waals surface area contributed by atoms with Crippen molar-refractivity contribution in [1.82, 2.24) is 4.90 Å². The summed E-state index contributed by atoms with van der Waals surface area (Å²) >= 11 is 0. The van der Waals surface area contributed by atoms with Gasteiger partial charge in [-0.2, -0.15) is 0 Å². The molecule has 3 nitrogen and oxygen atoms in total. The zero-order valence-corrected chi connectivity index (χ0v) is 13.0. The van der Waals surface area contributed by atoms with Gasteiger partial charge in [-0.1, -0.05) is 5.92 Å². The predicted molar refractivity (Wildman–Crippen MR) is 84.3 cm³/mol. The van der Waals surface area contributed by atoms with E-state index in [1.54, 1.807) is 12.1 Å². The number of rotatable bonds is 3. The molecular weight excluding hydrogens is 267 g/mol. The van der Waals surface area contributed by atoms with Crippen LogP contribution in [0.5, 0.6) is 5.75 Å². The molecule has 1 heterocycles. The Labute approximate surface area is 126 Å². The Morgan fingerprint density at radius 1 is 1.24 bits per heavy atom. The lowest BCUT2D eigenvalue weighted by Gasteiger charge is -2.43. The number of terminal acetylenes is 1. The van der Waals surface area contributed by atoms with E-state index in [0.717, 1.165) is 26.2 Å². The highest BCUT2D eigenvalue weighted by molar-refractivity contribution is 5.51. The molecule has 1 fully saturated rings. The van der Waals surface area contributed by atoms with Crippen molar-refractivity contribution in [3.8, 4) is 18.1 Å². The first-order valence-corrected chi connectivity index (χ1v) is 7.27. The van der Waals surface area contributed by atoms with Crippen molar-refractivity contribution >= 4 is 5.69 Å². The standard InChI is InChI=1S/C17H23FN2O/c1-5-12-21-14-6-7-16(15(18)13-14)19-8-10-20(11-9-19)17(2,3)4/h1,6-7,13H,8-12H2,2-4H3. The van der Waals surface area contributed by atoms with E-state index in [9.17, 15) is 4.39 Å². The number of hydrogen-bond acceptors (Lipinski definition) is 3. The van der Waals surface area contributed by atoms with Gasteiger partial charge >= 0.3 is 0 Å². The molecule has 0 spiro atoms. The first kappa shape index (κ1) is 15.7. The summed E-state index contributed by atoms with van der Waals surface area (Å²) in [6.07, 6.45) is 5.13. The molecular formula is C17H23FN2O. The molecule has 0 N–H and O–H groups in total. The molecule has 0 amide bonds. The third kappa shape index (κ3) is 3.89. The second-order valence-corrected chi connectivity index (χ2v) is 6.25. The Kier molecular flexibility index (Phi) is 4.74. The van der Waals surface area contributed by atoms with Gasteiger partial charge in [0.05, 0.1) is 5.69 Å². The van der Waals surface area contributed by atoms with Crippen molar-refractivity contribution in [3.05, 3.63) is 24.0 Å². The van der Waals surface area contributed by atoms with E-state index in [1.807, 2.05) is 0 Å². The van der Waals surface area contributed by atoms with Gasteiger partial charge in [0.1, 0.15) is 18.2 Å². The topological polar surface area (TPSA) is 15.7 Å². The molecule has 2 rings (SSSR count). The maximum atomic E-state index is 14.2. The summed E-state index contributed by atoms with van der Waals surface area (Å²) in [6, 6.07) is 4.95. The van der Waals surface area contributed by atoms with Crippen LogP contribution < -0.4 is 9.64 Å². The van der Waals surface area contributed by atoms with Crippen molar-refractivity contribution in [2.45, 2.75) is 26.3 Å². The second-order valence-electron chi connectivity index (χ2n) is 6.25. The van der Waals surface area contributed by atoms with E-state index in [0.29, 0.717) is 11.4 Å². The van der Waals surface area contributed by atoms with Crippen LogP contribution in [0.4, 0.5) is 10.1 Å². The van der Waals surface area contributed by atoms with E-state index in [-0.39, 0.29) is 18.0 Å². The van der Waals surface area contributed by atoms with Crippen molar-refractivity contribution in [1.29, 1.82) is 0 Å². The van der Waals surface area contributed by atoms with Crippen molar-refractivity contribution in [3.63, 3.8) is 0 Å². The maximum absolute atomic E-state index is 14.2. The fourth-order valence-corrected chi connectivity index (χ4v) is 2.58. The van der Waals surface area contributed by atoms with Crippen LogP contribution in [0.1, 0.15) is 20.8 Å². The molecule has 1 saturated heterocycles. The van der Waals surface area contributed by atoms with Gasteiger partial charge in [-0.15, -0.1) is 6.42 Å². The molecule has 114 valence electrons. The maximum Gasteiger partial charge on any atom is 0.150 e. The number of piperazine rings is 1. The minimum atomic E-state index is -0.256. The molecule has 21 heavy (non-hydrogen) atoms. The molecule has 1 aromatic rings. The summed E-state index contributed by atoms with van der Waals surface area (Å²) in [5.41, 5.74) is 0.800. The van der Waals surface area contributed by atoms with Crippen LogP contribution in [-0.4, -0.2) is 43.2 Å². The summed E-state index contributed by atoms with van der Waals surface area (Å²) in [5.74, 6) is 2.59. The molecule has 0 unspecified atom stereocenters. The van der Waals surface area contributed by atoms with Gasteiger partial charge in [-0.3, -0.25) is 4.90 Å². The number of ether oxygens (including phenoxy) is 1. The lowest BCUT2D eigenvalue weighted by molar-refractivity contribution is 0.128. The minimum absolute atomic E-state index is 0.156. The van der Waals surface area contributed by atoms with E-state index < -0.39 is 0 Å². The summed E-state index contributed by atoms with van der Waals surface area (Å²) < 4.78 is 19.4. The van der Waals surface area contributed by atoms with Crippen LogP contribution in [0.25, 0.3) is 0 Å². The summed E-state index contributed by atoms with van der Waals surface area (Å²) in [4.78, 5) is 4.51. The lowest BCUT2D eigenvalue weighted by Crippen LogP contribution is -2.53. The van der Waals surface area contributed by atoms with Gasteiger partial charge in [0.15, 0.2) is 0 Å². The van der Waals surface area contributed by atoms with Crippen molar-refractivity contribution in [2.75, 3.05) is 37.7 Å². The van der Waals surface area contributed by atoms with Gasteiger partial charge < -0.3 is 9.64 Å². The molecule has 0 atom stereocenters. The van der Waals surface area contributed by atoms with Crippen molar-refractivity contribution in [2.24, 2.45) is 0 Å². The normalized spacial score (nSPS) is 16.6. The van der Waals surface area contributed by atoms with Crippen LogP contribution >= 0.6 is 0 Å². The highest BCUT2D eigenvalue weighted by Crippen LogP contribution is 2.26. The Hall–Kier alpha value is -1.73. The minimum Gasteiger partial charge on any atom is -0.481 e. The number of halogens is 1. The first-order chi connectivity index (χ1) is 9.91. The van der Waals surface area contributed by atoms with Gasteiger partial charge in [0.2, 0.25) is 0 Å². The van der Waals surface area contributed by atoms with Gasteiger partial charge in [0, 0.05) is 37.8 Å². The molecule has 0 radical (unpaired) electrons. The molecule has 1 aliphatic heterocycles. The third-order valence-corrected chi connectivity index (χ3v) is 3.81. The van der Waals surface area contributed by atoms with E-state index in [4.69, 9.17) is 11.2 Å². The fourth-order valence-electron chi connectivity index (χ4n) is 2.58. The van der Waals surface area contributed by atoms with E-state index in [1.165, 1.54) is 6.07 Å². The molecule has 1 aromatic carbocycles. The largest absolute Gasteiger partial charge is 0.481 e. The third-order valence-electron chi connectivity index (χ3n) is 3.81. The SMILES string of the molecule is C#CCOc1ccc(N2CCN(C(C)(C)C)CC2)c(F)c1. The average Bonchev–Trinajstić information content (AvgIpc) is 2.44. The zero-order chi connectivity index (χ0) is 15.5. The van der Waals surface area contributed by atoms with Crippen molar-refractivity contribution < 1.29 is 9.13 Å². The molecule has 1 aliphatic rings. The summed E-state index contributed by atoms with van der Waals surface area (Å²) in [7, 11) is 0. The Morgan fingerprint density at radius 3 is 2.43 bits per heavy atom. The number of benzene rings is 1. The Morgan fingerprint density at radius 2 is 1.90 bits per heavy atom. The van der Waals surface area contributed by atoms with Crippen LogP contribution in [0.3, 0.4) is 0 Å². The lowest BCUT2D eigenvalue weighted by atomic mass is 10.0. The van der Waals surface area contributed by atoms with E-state index in [2.05, 4.69) is 36.5 Å². The summed E-state index contributed by atoms with van der Waals surface area (Å²) in [5, 5.41) is 0. The Balaban J connectivity index is 2.02. The Bertz CT molecular complexity index is 523. The highest BCUT2D eigenvalue weighted by atomic mass is 19.1. The van der Waals surface area contributed by atoms with Crippen LogP contribution in [0.2, 0.25) is 0 Å². The van der Waals surface area contributed by atoms with Crippen LogP contribution in [0, 0.1) is 18.2 Å². The van der Waals surface area contributed by atoms with Gasteiger partial charge in [0.25, 0.3) is 0 Å². The quantitative estimate of drug-likeness (QED) is 0.796. The zero-order valence-electron chi connectivity index (χ0n) is 13.0. The average molecular weight is 290 g/mol. The van der Waals surface area contributed by atoms with E-state index >= 15 is 0 Å².